The molecule has 0 aliphatic rings. The van der Waals surface area contributed by atoms with E-state index in [0.29, 0.717) is 5.56 Å². The van der Waals surface area contributed by atoms with Crippen LogP contribution in [-0.4, -0.2) is 27.8 Å². The maximum absolute atomic E-state index is 12.9. The lowest BCUT2D eigenvalue weighted by molar-refractivity contribution is -0.137. The molecule has 1 aromatic heterocycles. The zero-order valence-corrected chi connectivity index (χ0v) is 15.2. The van der Waals surface area contributed by atoms with Gasteiger partial charge in [-0.2, -0.15) is 18.2 Å². The van der Waals surface area contributed by atoms with Gasteiger partial charge in [-0.15, -0.1) is 0 Å². The molecule has 2 aromatic carbocycles. The van der Waals surface area contributed by atoms with Gasteiger partial charge in [0.1, 0.15) is 11.9 Å². The molecule has 0 spiro atoms. The fourth-order valence-electron chi connectivity index (χ4n) is 2.45. The SMILES string of the molecule is O=C(/C=C/c1ccc(F)cc1)NC(CO)c1nc(-c2ccc(C(F)(F)F)cc2)no1. The molecule has 1 amide bonds. The van der Waals surface area contributed by atoms with Crippen LogP contribution in [0.5, 0.6) is 0 Å². The molecule has 0 aliphatic carbocycles. The summed E-state index contributed by atoms with van der Waals surface area (Å²) in [5, 5.41) is 15.7. The van der Waals surface area contributed by atoms with E-state index in [1.165, 1.54) is 48.6 Å². The maximum Gasteiger partial charge on any atom is 0.416 e. The van der Waals surface area contributed by atoms with Crippen molar-refractivity contribution in [1.29, 1.82) is 0 Å². The van der Waals surface area contributed by atoms with Gasteiger partial charge >= 0.3 is 6.18 Å². The van der Waals surface area contributed by atoms with Crippen molar-refractivity contribution in [3.8, 4) is 11.4 Å². The number of alkyl halides is 3. The number of benzene rings is 2. The maximum atomic E-state index is 12.9. The first-order valence-corrected chi connectivity index (χ1v) is 8.62. The first kappa shape index (κ1) is 21.2. The Morgan fingerprint density at radius 3 is 2.40 bits per heavy atom. The minimum absolute atomic E-state index is 0.00766. The van der Waals surface area contributed by atoms with Gasteiger partial charge in [-0.3, -0.25) is 4.79 Å². The Kier molecular flexibility index (Phi) is 6.26. The minimum Gasteiger partial charge on any atom is -0.394 e. The van der Waals surface area contributed by atoms with Gasteiger partial charge in [-0.1, -0.05) is 29.4 Å². The number of hydrogen-bond donors (Lipinski definition) is 2. The lowest BCUT2D eigenvalue weighted by Gasteiger charge is -2.10. The first-order chi connectivity index (χ1) is 14.3. The fraction of sp³-hybridized carbons (Fsp3) is 0.150. The second-order valence-corrected chi connectivity index (χ2v) is 6.16. The Morgan fingerprint density at radius 1 is 1.13 bits per heavy atom. The summed E-state index contributed by atoms with van der Waals surface area (Å²) in [7, 11) is 0. The minimum atomic E-state index is -4.46. The summed E-state index contributed by atoms with van der Waals surface area (Å²) in [4.78, 5) is 16.1. The molecule has 156 valence electrons. The van der Waals surface area contributed by atoms with Gasteiger partial charge < -0.3 is 14.9 Å². The van der Waals surface area contributed by atoms with Crippen molar-refractivity contribution in [1.82, 2.24) is 15.5 Å². The molecule has 3 rings (SSSR count). The van der Waals surface area contributed by atoms with E-state index in [1.807, 2.05) is 0 Å². The molecule has 1 atom stereocenters. The van der Waals surface area contributed by atoms with Crippen molar-refractivity contribution >= 4 is 12.0 Å². The van der Waals surface area contributed by atoms with E-state index in [1.54, 1.807) is 0 Å². The predicted octanol–water partition coefficient (Wildman–Crippen LogP) is 3.76. The molecule has 0 bridgehead atoms. The molecule has 0 aliphatic heterocycles. The highest BCUT2D eigenvalue weighted by atomic mass is 19.4. The number of hydrogen-bond acceptors (Lipinski definition) is 5. The number of amides is 1. The van der Waals surface area contributed by atoms with Crippen molar-refractivity contribution in [2.45, 2.75) is 12.2 Å². The molecule has 2 N–H and O–H groups in total. The molecule has 6 nitrogen and oxygen atoms in total. The monoisotopic (exact) mass is 421 g/mol. The molecular weight excluding hydrogens is 406 g/mol. The number of aliphatic hydroxyl groups excluding tert-OH is 1. The molecule has 0 saturated heterocycles. The number of nitrogens with zero attached hydrogens (tertiary/aromatic N) is 2. The standard InChI is InChI=1S/C20H15F4N3O3/c21-15-8-1-12(2-9-15)3-10-17(29)25-16(11-28)19-26-18(27-30-19)13-4-6-14(7-5-13)20(22,23)24/h1-10,16,28H,11H2,(H,25,29)/b10-3+. The van der Waals surface area contributed by atoms with Crippen LogP contribution in [0.1, 0.15) is 23.1 Å². The van der Waals surface area contributed by atoms with Gasteiger partial charge in [0.15, 0.2) is 0 Å². The highest BCUT2D eigenvalue weighted by Gasteiger charge is 2.30. The van der Waals surface area contributed by atoms with E-state index in [4.69, 9.17) is 4.52 Å². The zero-order valence-electron chi connectivity index (χ0n) is 15.2. The summed E-state index contributed by atoms with van der Waals surface area (Å²) in [5.41, 5.74) is 0.0510. The number of carbonyl (C=O) groups excluding carboxylic acids is 1. The number of carbonyl (C=O) groups is 1. The largest absolute Gasteiger partial charge is 0.416 e. The number of halogens is 4. The average molecular weight is 421 g/mol. The molecule has 0 saturated carbocycles. The van der Waals surface area contributed by atoms with Crippen LogP contribution in [0.25, 0.3) is 17.5 Å². The third-order valence-corrected chi connectivity index (χ3v) is 4.01. The molecule has 0 radical (unpaired) electrons. The Morgan fingerprint density at radius 2 is 1.80 bits per heavy atom. The predicted molar refractivity (Wildman–Crippen MR) is 98.1 cm³/mol. The van der Waals surface area contributed by atoms with Crippen LogP contribution >= 0.6 is 0 Å². The van der Waals surface area contributed by atoms with Gasteiger partial charge in [-0.25, -0.2) is 4.39 Å². The van der Waals surface area contributed by atoms with Gasteiger partial charge in [0, 0.05) is 11.6 Å². The summed E-state index contributed by atoms with van der Waals surface area (Å²) in [5.74, 6) is -1.09. The highest BCUT2D eigenvalue weighted by molar-refractivity contribution is 5.91. The Bertz CT molecular complexity index is 1030. The van der Waals surface area contributed by atoms with Gasteiger partial charge in [0.05, 0.1) is 12.2 Å². The Balaban J connectivity index is 1.68. The van der Waals surface area contributed by atoms with Crippen molar-refractivity contribution in [2.75, 3.05) is 6.61 Å². The van der Waals surface area contributed by atoms with E-state index in [9.17, 15) is 27.5 Å². The third-order valence-electron chi connectivity index (χ3n) is 4.01. The molecule has 0 fully saturated rings. The summed E-state index contributed by atoms with van der Waals surface area (Å²) >= 11 is 0. The summed E-state index contributed by atoms with van der Waals surface area (Å²) in [6.07, 6.45) is -1.83. The summed E-state index contributed by atoms with van der Waals surface area (Å²) < 4.78 is 55.9. The summed E-state index contributed by atoms with van der Waals surface area (Å²) in [6.45, 7) is -0.551. The zero-order chi connectivity index (χ0) is 21.7. The molecule has 1 heterocycles. The fourth-order valence-corrected chi connectivity index (χ4v) is 2.45. The van der Waals surface area contributed by atoms with Crippen LogP contribution in [0.15, 0.2) is 59.1 Å². The average Bonchev–Trinajstić information content (AvgIpc) is 3.21. The van der Waals surface area contributed by atoms with Crippen molar-refractivity contribution in [3.05, 3.63) is 77.4 Å². The third kappa shape index (κ3) is 5.29. The second-order valence-electron chi connectivity index (χ2n) is 6.16. The van der Waals surface area contributed by atoms with E-state index in [0.717, 1.165) is 12.1 Å². The van der Waals surface area contributed by atoms with Crippen LogP contribution in [0.3, 0.4) is 0 Å². The van der Waals surface area contributed by atoms with Gasteiger partial charge in [0.25, 0.3) is 5.89 Å². The van der Waals surface area contributed by atoms with Crippen LogP contribution < -0.4 is 5.32 Å². The molecule has 10 heteroatoms. The Labute approximate surface area is 167 Å². The van der Waals surface area contributed by atoms with E-state index in [-0.39, 0.29) is 17.3 Å². The lowest BCUT2D eigenvalue weighted by Crippen LogP contribution is -2.29. The summed E-state index contributed by atoms with van der Waals surface area (Å²) in [6, 6.07) is 8.59. The van der Waals surface area contributed by atoms with E-state index in [2.05, 4.69) is 15.5 Å². The second kappa shape index (κ2) is 8.87. The van der Waals surface area contributed by atoms with Crippen molar-refractivity contribution < 1.29 is 32.0 Å². The Hall–Kier alpha value is -3.53. The first-order valence-electron chi connectivity index (χ1n) is 8.62. The number of aliphatic hydroxyl groups is 1. The van der Waals surface area contributed by atoms with Crippen LogP contribution in [0.4, 0.5) is 17.6 Å². The number of nitrogens with one attached hydrogen (secondary N) is 1. The topological polar surface area (TPSA) is 88.2 Å². The molecule has 1 unspecified atom stereocenters. The van der Waals surface area contributed by atoms with Crippen LogP contribution in [0.2, 0.25) is 0 Å². The number of rotatable bonds is 6. The van der Waals surface area contributed by atoms with Crippen molar-refractivity contribution in [2.24, 2.45) is 0 Å². The highest BCUT2D eigenvalue weighted by Crippen LogP contribution is 2.30. The quantitative estimate of drug-likeness (QED) is 0.468. The van der Waals surface area contributed by atoms with Crippen molar-refractivity contribution in [3.63, 3.8) is 0 Å². The molecule has 30 heavy (non-hydrogen) atoms. The number of aromatic nitrogens is 2. The lowest BCUT2D eigenvalue weighted by atomic mass is 10.1. The van der Waals surface area contributed by atoms with Crippen LogP contribution in [0, 0.1) is 5.82 Å². The normalized spacial score (nSPS) is 12.8. The van der Waals surface area contributed by atoms with E-state index >= 15 is 0 Å². The molecular formula is C20H15F4N3O3. The smallest absolute Gasteiger partial charge is 0.394 e. The van der Waals surface area contributed by atoms with E-state index < -0.39 is 36.1 Å². The van der Waals surface area contributed by atoms with Gasteiger partial charge in [0.2, 0.25) is 11.7 Å². The molecule has 3 aromatic rings. The van der Waals surface area contributed by atoms with Gasteiger partial charge in [-0.05, 0) is 35.9 Å². The van der Waals surface area contributed by atoms with Crippen LogP contribution in [-0.2, 0) is 11.0 Å².